The summed E-state index contributed by atoms with van der Waals surface area (Å²) in [6.45, 7) is 5.56. The fraction of sp³-hybridized carbons (Fsp3) is 0.333. The number of aryl methyl sites for hydroxylation is 2. The lowest BCUT2D eigenvalue weighted by atomic mass is 10.1. The monoisotopic (exact) mass is 303 g/mol. The van der Waals surface area contributed by atoms with Crippen LogP contribution in [-0.2, 0) is 11.3 Å². The average molecular weight is 303 g/mol. The van der Waals surface area contributed by atoms with Gasteiger partial charge in [-0.1, -0.05) is 0 Å². The minimum absolute atomic E-state index is 0.0897. The minimum atomic E-state index is -1.16. The van der Waals surface area contributed by atoms with Crippen LogP contribution in [0.15, 0.2) is 23.1 Å². The van der Waals surface area contributed by atoms with E-state index in [4.69, 9.17) is 5.11 Å². The Morgan fingerprint density at radius 1 is 1.41 bits per heavy atom. The highest BCUT2D eigenvalue weighted by atomic mass is 16.4. The number of carboxylic acid groups (broad SMARTS) is 1. The van der Waals surface area contributed by atoms with Gasteiger partial charge in [0.1, 0.15) is 17.3 Å². The molecule has 2 aromatic rings. The van der Waals surface area contributed by atoms with Gasteiger partial charge in [0.25, 0.3) is 5.91 Å². The van der Waals surface area contributed by atoms with E-state index in [1.54, 1.807) is 16.7 Å². The van der Waals surface area contributed by atoms with Crippen LogP contribution in [0, 0.1) is 6.92 Å². The van der Waals surface area contributed by atoms with Gasteiger partial charge in [-0.25, -0.2) is 4.98 Å². The lowest BCUT2D eigenvalue weighted by molar-refractivity contribution is -0.138. The van der Waals surface area contributed by atoms with Crippen molar-refractivity contribution in [2.24, 2.45) is 0 Å². The summed E-state index contributed by atoms with van der Waals surface area (Å²) in [5, 5.41) is 11.5. The first-order valence-electron chi connectivity index (χ1n) is 6.89. The second kappa shape index (κ2) is 5.97. The number of aromatic nitrogens is 2. The molecule has 0 aromatic carbocycles. The van der Waals surface area contributed by atoms with E-state index in [0.717, 1.165) is 5.69 Å². The molecule has 1 amide bonds. The molecule has 1 unspecified atom stereocenters. The van der Waals surface area contributed by atoms with Crippen molar-refractivity contribution in [1.82, 2.24) is 14.9 Å². The van der Waals surface area contributed by atoms with Crippen LogP contribution in [0.3, 0.4) is 0 Å². The Labute approximate surface area is 126 Å². The van der Waals surface area contributed by atoms with Crippen LogP contribution >= 0.6 is 0 Å². The van der Waals surface area contributed by atoms with Gasteiger partial charge in [-0.15, -0.1) is 0 Å². The zero-order chi connectivity index (χ0) is 16.4. The number of carbonyl (C=O) groups excluding carboxylic acids is 1. The molecule has 0 aliphatic rings. The highest BCUT2D eigenvalue weighted by Crippen LogP contribution is 2.11. The van der Waals surface area contributed by atoms with Crippen molar-refractivity contribution < 1.29 is 14.7 Å². The first kappa shape index (κ1) is 15.7. The third-order valence-corrected chi connectivity index (χ3v) is 3.36. The van der Waals surface area contributed by atoms with Crippen molar-refractivity contribution >= 4 is 22.9 Å². The summed E-state index contributed by atoms with van der Waals surface area (Å²) in [6.07, 6.45) is 1.42. The van der Waals surface area contributed by atoms with Crippen LogP contribution in [0.5, 0.6) is 0 Å². The first-order valence-corrected chi connectivity index (χ1v) is 6.89. The number of fused-ring (bicyclic) bond motifs is 1. The third-order valence-electron chi connectivity index (χ3n) is 3.36. The van der Waals surface area contributed by atoms with Crippen LogP contribution in [0.2, 0.25) is 0 Å². The normalized spacial score (nSPS) is 12.1. The molecular formula is C15H17N3O4. The van der Waals surface area contributed by atoms with Crippen LogP contribution in [0.25, 0.3) is 11.0 Å². The lowest BCUT2D eigenvalue weighted by Gasteiger charge is -2.13. The summed E-state index contributed by atoms with van der Waals surface area (Å²) in [5.41, 5.74) is 0.733. The van der Waals surface area contributed by atoms with Gasteiger partial charge in [0, 0.05) is 18.4 Å². The highest BCUT2D eigenvalue weighted by molar-refractivity contribution is 5.98. The predicted octanol–water partition coefficient (Wildman–Crippen LogP) is 0.928. The van der Waals surface area contributed by atoms with Crippen LogP contribution in [0.4, 0.5) is 0 Å². The summed E-state index contributed by atoms with van der Waals surface area (Å²) >= 11 is 0. The quantitative estimate of drug-likeness (QED) is 0.875. The van der Waals surface area contributed by atoms with Gasteiger partial charge in [0.05, 0.1) is 5.39 Å². The van der Waals surface area contributed by atoms with Crippen LogP contribution in [0.1, 0.15) is 29.9 Å². The molecule has 0 bridgehead atoms. The SMILES string of the molecule is CCn1cc(C(=O)NC(C)C(=O)O)c(=O)c2ccc(C)nc21. The summed E-state index contributed by atoms with van der Waals surface area (Å²) in [4.78, 5) is 39.7. The minimum Gasteiger partial charge on any atom is -0.480 e. The summed E-state index contributed by atoms with van der Waals surface area (Å²) in [7, 11) is 0. The molecule has 0 saturated carbocycles. The molecule has 0 spiro atoms. The standard InChI is InChI=1S/C15H17N3O4/c1-4-18-7-11(14(20)17-9(3)15(21)22)12(19)10-6-5-8(2)16-13(10)18/h5-7,9H,4H2,1-3H3,(H,17,20)(H,21,22). The molecule has 0 fully saturated rings. The number of aliphatic carboxylic acids is 1. The van der Waals surface area contributed by atoms with E-state index in [-0.39, 0.29) is 5.56 Å². The maximum Gasteiger partial charge on any atom is 0.325 e. The largest absolute Gasteiger partial charge is 0.480 e. The second-order valence-corrected chi connectivity index (χ2v) is 5.02. The molecule has 0 saturated heterocycles. The molecule has 2 heterocycles. The smallest absolute Gasteiger partial charge is 0.325 e. The van der Waals surface area contributed by atoms with Gasteiger partial charge in [-0.05, 0) is 32.9 Å². The fourth-order valence-corrected chi connectivity index (χ4v) is 2.10. The van der Waals surface area contributed by atoms with Crippen molar-refractivity contribution in [3.63, 3.8) is 0 Å². The first-order chi connectivity index (χ1) is 10.3. The van der Waals surface area contributed by atoms with Gasteiger partial charge >= 0.3 is 5.97 Å². The molecule has 2 aromatic heterocycles. The number of carbonyl (C=O) groups is 2. The molecule has 2 rings (SSSR count). The van der Waals surface area contributed by atoms with E-state index in [1.165, 1.54) is 13.1 Å². The Morgan fingerprint density at radius 2 is 2.09 bits per heavy atom. The maximum absolute atomic E-state index is 12.4. The average Bonchev–Trinajstić information content (AvgIpc) is 2.47. The lowest BCUT2D eigenvalue weighted by Crippen LogP contribution is -2.40. The van der Waals surface area contributed by atoms with E-state index in [1.807, 2.05) is 13.8 Å². The molecular weight excluding hydrogens is 286 g/mol. The van der Waals surface area contributed by atoms with E-state index in [0.29, 0.717) is 17.6 Å². The van der Waals surface area contributed by atoms with Crippen molar-refractivity contribution in [3.8, 4) is 0 Å². The van der Waals surface area contributed by atoms with Gasteiger partial charge in [-0.2, -0.15) is 0 Å². The molecule has 7 nitrogen and oxygen atoms in total. The summed E-state index contributed by atoms with van der Waals surface area (Å²) in [6, 6.07) is 2.25. The molecule has 7 heteroatoms. The van der Waals surface area contributed by atoms with Gasteiger partial charge in [-0.3, -0.25) is 14.4 Å². The van der Waals surface area contributed by atoms with E-state index in [9.17, 15) is 14.4 Å². The van der Waals surface area contributed by atoms with Crippen LogP contribution < -0.4 is 10.7 Å². The molecule has 0 aliphatic heterocycles. The number of nitrogens with one attached hydrogen (secondary N) is 1. The van der Waals surface area contributed by atoms with Crippen molar-refractivity contribution in [1.29, 1.82) is 0 Å². The van der Waals surface area contributed by atoms with Gasteiger partial charge in [0.2, 0.25) is 5.43 Å². The zero-order valence-corrected chi connectivity index (χ0v) is 12.6. The molecule has 0 aliphatic carbocycles. The van der Waals surface area contributed by atoms with Crippen molar-refractivity contribution in [3.05, 3.63) is 39.8 Å². The number of rotatable bonds is 4. The Bertz CT molecular complexity index is 810. The number of hydrogen-bond donors (Lipinski definition) is 2. The molecule has 116 valence electrons. The Morgan fingerprint density at radius 3 is 2.68 bits per heavy atom. The molecule has 22 heavy (non-hydrogen) atoms. The Kier molecular flexibility index (Phi) is 4.25. The Hall–Kier alpha value is -2.70. The van der Waals surface area contributed by atoms with Gasteiger partial charge < -0.3 is 15.0 Å². The summed E-state index contributed by atoms with van der Waals surface area (Å²) in [5.74, 6) is -1.87. The third kappa shape index (κ3) is 2.83. The Balaban J connectivity index is 2.58. The number of pyridine rings is 2. The fourth-order valence-electron chi connectivity index (χ4n) is 2.10. The number of nitrogens with zero attached hydrogens (tertiary/aromatic N) is 2. The number of carboxylic acids is 1. The number of hydrogen-bond acceptors (Lipinski definition) is 4. The van der Waals surface area contributed by atoms with Crippen molar-refractivity contribution in [2.75, 3.05) is 0 Å². The predicted molar refractivity (Wildman–Crippen MR) is 81.0 cm³/mol. The zero-order valence-electron chi connectivity index (χ0n) is 12.6. The molecule has 0 radical (unpaired) electrons. The van der Waals surface area contributed by atoms with E-state index < -0.39 is 23.3 Å². The molecule has 2 N–H and O–H groups in total. The van der Waals surface area contributed by atoms with E-state index >= 15 is 0 Å². The number of amides is 1. The topological polar surface area (TPSA) is 101 Å². The van der Waals surface area contributed by atoms with E-state index in [2.05, 4.69) is 10.3 Å². The van der Waals surface area contributed by atoms with Crippen molar-refractivity contribution in [2.45, 2.75) is 33.4 Å². The second-order valence-electron chi connectivity index (χ2n) is 5.02. The maximum atomic E-state index is 12.4. The van der Waals surface area contributed by atoms with Crippen LogP contribution in [-0.4, -0.2) is 32.6 Å². The molecule has 1 atom stereocenters. The van der Waals surface area contributed by atoms with Gasteiger partial charge in [0.15, 0.2) is 0 Å². The highest BCUT2D eigenvalue weighted by Gasteiger charge is 2.20. The summed E-state index contributed by atoms with van der Waals surface area (Å²) < 4.78 is 1.70.